The van der Waals surface area contributed by atoms with Crippen molar-refractivity contribution in [3.63, 3.8) is 0 Å². The first kappa shape index (κ1) is 13.3. The Hall–Kier alpha value is -2.38. The molecule has 3 saturated heterocycles. The van der Waals surface area contributed by atoms with Crippen LogP contribution in [0.1, 0.15) is 19.3 Å². The Bertz CT molecular complexity index is 647. The molecule has 0 N–H and O–H groups in total. The monoisotopic (exact) mass is 303 g/mol. The van der Waals surface area contributed by atoms with Gasteiger partial charge in [0.1, 0.15) is 12.1 Å². The van der Waals surface area contributed by atoms with Crippen LogP contribution in [0.2, 0.25) is 0 Å². The van der Waals surface area contributed by atoms with Crippen LogP contribution in [0.3, 0.4) is 0 Å². The maximum Gasteiger partial charge on any atom is 0.328 e. The third kappa shape index (κ3) is 1.69. The molecule has 8 nitrogen and oxygen atoms in total. The van der Waals surface area contributed by atoms with Crippen molar-refractivity contribution in [2.75, 3.05) is 18.0 Å². The summed E-state index contributed by atoms with van der Waals surface area (Å²) in [5.74, 6) is -0.412. The molecule has 0 spiro atoms. The molecule has 8 heteroatoms. The zero-order valence-corrected chi connectivity index (χ0v) is 12.3. The van der Waals surface area contributed by atoms with E-state index in [4.69, 9.17) is 0 Å². The van der Waals surface area contributed by atoms with Crippen LogP contribution in [0.5, 0.6) is 0 Å². The van der Waals surface area contributed by atoms with Crippen LogP contribution in [0.15, 0.2) is 12.4 Å². The maximum atomic E-state index is 12.6. The van der Waals surface area contributed by atoms with Gasteiger partial charge in [0.25, 0.3) is 11.8 Å². The van der Waals surface area contributed by atoms with E-state index in [-0.39, 0.29) is 23.9 Å². The minimum absolute atomic E-state index is 0.198. The third-order valence-electron chi connectivity index (χ3n) is 4.72. The van der Waals surface area contributed by atoms with Crippen LogP contribution in [0, 0.1) is 0 Å². The molecule has 22 heavy (non-hydrogen) atoms. The van der Waals surface area contributed by atoms with Gasteiger partial charge in [-0.3, -0.25) is 14.3 Å². The summed E-state index contributed by atoms with van der Waals surface area (Å²) in [6, 6.07) is -1.34. The van der Waals surface area contributed by atoms with Gasteiger partial charge in [-0.15, -0.1) is 0 Å². The van der Waals surface area contributed by atoms with E-state index in [2.05, 4.69) is 5.10 Å². The highest BCUT2D eigenvalue weighted by atomic mass is 16.2. The first-order valence-corrected chi connectivity index (χ1v) is 7.51. The molecule has 4 amide bonds. The Balaban J connectivity index is 1.58. The van der Waals surface area contributed by atoms with Crippen LogP contribution < -0.4 is 4.90 Å². The van der Waals surface area contributed by atoms with Crippen molar-refractivity contribution in [1.82, 2.24) is 19.6 Å². The standard InChI is InChI=1S/C14H17N5O3/c1-16-8-9(7-15-16)17-6-4-11(12(17)20)19-13(21)10-3-2-5-18(10)14(19)22/h7-8,10-11H,2-6H2,1H3/t10-,11?/m1/s1. The molecule has 3 fully saturated rings. The zero-order valence-electron chi connectivity index (χ0n) is 12.3. The molecule has 3 aliphatic rings. The van der Waals surface area contributed by atoms with Gasteiger partial charge in [-0.25, -0.2) is 9.69 Å². The topological polar surface area (TPSA) is 78.8 Å². The molecular weight excluding hydrogens is 286 g/mol. The van der Waals surface area contributed by atoms with Crippen LogP contribution in [-0.2, 0) is 16.6 Å². The summed E-state index contributed by atoms with van der Waals surface area (Å²) >= 11 is 0. The number of aryl methyl sites for hydroxylation is 1. The van der Waals surface area contributed by atoms with Crippen molar-refractivity contribution in [2.24, 2.45) is 7.05 Å². The van der Waals surface area contributed by atoms with Crippen molar-refractivity contribution < 1.29 is 14.4 Å². The van der Waals surface area contributed by atoms with Gasteiger partial charge in [-0.05, 0) is 19.3 Å². The summed E-state index contributed by atoms with van der Waals surface area (Å²) in [4.78, 5) is 41.9. The lowest BCUT2D eigenvalue weighted by Crippen LogP contribution is -2.46. The van der Waals surface area contributed by atoms with Gasteiger partial charge in [0, 0.05) is 26.3 Å². The van der Waals surface area contributed by atoms with Crippen molar-refractivity contribution in [2.45, 2.75) is 31.3 Å². The summed E-state index contributed by atoms with van der Waals surface area (Å²) in [6.45, 7) is 1.11. The van der Waals surface area contributed by atoms with Crippen molar-refractivity contribution in [3.8, 4) is 0 Å². The van der Waals surface area contributed by atoms with Crippen molar-refractivity contribution in [1.29, 1.82) is 0 Å². The molecule has 116 valence electrons. The number of hydrogen-bond donors (Lipinski definition) is 0. The molecule has 3 aliphatic heterocycles. The molecular formula is C14H17N5O3. The van der Waals surface area contributed by atoms with Gasteiger partial charge in [-0.1, -0.05) is 0 Å². The number of amides is 4. The van der Waals surface area contributed by atoms with E-state index >= 15 is 0 Å². The lowest BCUT2D eigenvalue weighted by Gasteiger charge is -2.21. The molecule has 1 aromatic rings. The van der Waals surface area contributed by atoms with E-state index in [0.29, 0.717) is 31.6 Å². The predicted molar refractivity (Wildman–Crippen MR) is 75.9 cm³/mol. The first-order chi connectivity index (χ1) is 10.6. The summed E-state index contributed by atoms with van der Waals surface area (Å²) in [7, 11) is 1.78. The molecule has 1 aromatic heterocycles. The van der Waals surface area contributed by atoms with E-state index in [9.17, 15) is 14.4 Å². The van der Waals surface area contributed by atoms with E-state index in [0.717, 1.165) is 6.42 Å². The highest BCUT2D eigenvalue weighted by Crippen LogP contribution is 2.32. The Morgan fingerprint density at radius 3 is 2.59 bits per heavy atom. The fraction of sp³-hybridized carbons (Fsp3) is 0.571. The van der Waals surface area contributed by atoms with E-state index in [1.165, 1.54) is 4.90 Å². The smallest absolute Gasteiger partial charge is 0.312 e. The molecule has 0 aliphatic carbocycles. The number of imide groups is 1. The zero-order chi connectivity index (χ0) is 15.4. The Kier molecular flexibility index (Phi) is 2.75. The average Bonchev–Trinajstić information content (AvgIpc) is 3.21. The molecule has 4 rings (SSSR count). The Morgan fingerprint density at radius 1 is 1.09 bits per heavy atom. The highest BCUT2D eigenvalue weighted by molar-refractivity contribution is 6.10. The fourth-order valence-electron chi connectivity index (χ4n) is 3.64. The minimum atomic E-state index is -0.675. The average molecular weight is 303 g/mol. The van der Waals surface area contributed by atoms with E-state index in [1.807, 2.05) is 0 Å². The van der Waals surface area contributed by atoms with Gasteiger partial charge in [-0.2, -0.15) is 5.10 Å². The molecule has 4 heterocycles. The number of rotatable bonds is 2. The largest absolute Gasteiger partial charge is 0.328 e. The number of urea groups is 1. The summed E-state index contributed by atoms with van der Waals surface area (Å²) in [5, 5.41) is 4.06. The van der Waals surface area contributed by atoms with Gasteiger partial charge >= 0.3 is 6.03 Å². The second-order valence-electron chi connectivity index (χ2n) is 6.01. The predicted octanol–water partition coefficient (Wildman–Crippen LogP) is -0.0480. The van der Waals surface area contributed by atoms with Gasteiger partial charge in [0.2, 0.25) is 0 Å². The summed E-state index contributed by atoms with van der Waals surface area (Å²) in [6.07, 6.45) is 5.41. The Morgan fingerprint density at radius 2 is 1.91 bits per heavy atom. The number of carbonyl (C=O) groups excluding carboxylic acids is 3. The van der Waals surface area contributed by atoms with Crippen LogP contribution in [0.25, 0.3) is 0 Å². The lowest BCUT2D eigenvalue weighted by molar-refractivity contribution is -0.133. The van der Waals surface area contributed by atoms with E-state index in [1.54, 1.807) is 33.9 Å². The number of aromatic nitrogens is 2. The number of anilines is 1. The van der Waals surface area contributed by atoms with Crippen LogP contribution in [0.4, 0.5) is 10.5 Å². The normalized spacial score (nSPS) is 28.2. The number of hydrogen-bond acceptors (Lipinski definition) is 4. The molecule has 0 radical (unpaired) electrons. The number of carbonyl (C=O) groups is 3. The second-order valence-corrected chi connectivity index (χ2v) is 6.01. The fourth-order valence-corrected chi connectivity index (χ4v) is 3.64. The Labute approximate surface area is 127 Å². The van der Waals surface area contributed by atoms with Gasteiger partial charge < -0.3 is 9.80 Å². The molecule has 2 atom stereocenters. The SMILES string of the molecule is Cn1cc(N2CCC(N3C(=O)[C@H]4CCCN4C3=O)C2=O)cn1. The summed E-state index contributed by atoms with van der Waals surface area (Å²) in [5.41, 5.74) is 0.703. The minimum Gasteiger partial charge on any atom is -0.312 e. The molecule has 1 unspecified atom stereocenters. The number of nitrogens with zero attached hydrogens (tertiary/aromatic N) is 5. The third-order valence-corrected chi connectivity index (χ3v) is 4.72. The summed E-state index contributed by atoms with van der Waals surface area (Å²) < 4.78 is 1.62. The molecule has 0 bridgehead atoms. The maximum absolute atomic E-state index is 12.6. The first-order valence-electron chi connectivity index (χ1n) is 7.51. The van der Waals surface area contributed by atoms with Crippen molar-refractivity contribution in [3.05, 3.63) is 12.4 Å². The lowest BCUT2D eigenvalue weighted by atomic mass is 10.1. The van der Waals surface area contributed by atoms with Crippen LogP contribution >= 0.6 is 0 Å². The van der Waals surface area contributed by atoms with Crippen LogP contribution in [-0.4, -0.2) is 62.6 Å². The number of fused-ring (bicyclic) bond motifs is 1. The second kappa shape index (κ2) is 4.56. The molecule has 0 aromatic carbocycles. The van der Waals surface area contributed by atoms with Crippen molar-refractivity contribution >= 4 is 23.5 Å². The van der Waals surface area contributed by atoms with Gasteiger partial charge in [0.15, 0.2) is 0 Å². The van der Waals surface area contributed by atoms with Gasteiger partial charge in [0.05, 0.1) is 11.9 Å². The highest BCUT2D eigenvalue weighted by Gasteiger charge is 2.53. The molecule has 0 saturated carbocycles. The van der Waals surface area contributed by atoms with E-state index < -0.39 is 6.04 Å². The quantitative estimate of drug-likeness (QED) is 0.718.